The Labute approximate surface area is 210 Å². The quantitative estimate of drug-likeness (QED) is 0.455. The molecule has 4 aromatic heterocycles. The number of halogens is 1. The van der Waals surface area contributed by atoms with Gasteiger partial charge >= 0.3 is 0 Å². The number of aromatic nitrogens is 5. The second-order valence-electron chi connectivity index (χ2n) is 10.4. The van der Waals surface area contributed by atoms with Crippen LogP contribution in [0.1, 0.15) is 49.3 Å². The molecule has 2 aliphatic rings. The summed E-state index contributed by atoms with van der Waals surface area (Å²) in [6.45, 7) is 13.6. The molecule has 0 bridgehead atoms. The van der Waals surface area contributed by atoms with Crippen molar-refractivity contribution in [3.05, 3.63) is 41.2 Å². The van der Waals surface area contributed by atoms with E-state index in [4.69, 9.17) is 4.74 Å². The molecule has 0 spiro atoms. The number of pyridine rings is 2. The van der Waals surface area contributed by atoms with Crippen molar-refractivity contribution in [1.29, 1.82) is 0 Å². The average Bonchev–Trinajstić information content (AvgIpc) is 3.52. The molecule has 0 unspecified atom stereocenters. The first-order valence-electron chi connectivity index (χ1n) is 13.0. The van der Waals surface area contributed by atoms with Crippen molar-refractivity contribution in [3.63, 3.8) is 0 Å². The first-order chi connectivity index (χ1) is 17.4. The van der Waals surface area contributed by atoms with Crippen LogP contribution in [-0.2, 0) is 4.74 Å². The van der Waals surface area contributed by atoms with Crippen LogP contribution in [-0.4, -0.2) is 74.9 Å². The minimum absolute atomic E-state index is 0.122. The number of nitrogens with one attached hydrogen (secondary N) is 1. The molecule has 6 rings (SSSR count). The third-order valence-electron chi connectivity index (χ3n) is 8.10. The van der Waals surface area contributed by atoms with Crippen LogP contribution in [0.15, 0.2) is 18.7 Å². The summed E-state index contributed by atoms with van der Waals surface area (Å²) in [6, 6.07) is 0.542. The number of aromatic amines is 1. The number of anilines is 1. The maximum absolute atomic E-state index is 16.3. The van der Waals surface area contributed by atoms with E-state index in [0.717, 1.165) is 91.3 Å². The van der Waals surface area contributed by atoms with Crippen molar-refractivity contribution < 1.29 is 9.13 Å². The fraction of sp³-hybridized carbons (Fsp3) is 0.519. The van der Waals surface area contributed by atoms with Crippen LogP contribution >= 0.6 is 0 Å². The van der Waals surface area contributed by atoms with E-state index in [-0.39, 0.29) is 11.7 Å². The number of fused-ring (bicyclic) bond motifs is 2. The molecule has 0 amide bonds. The maximum Gasteiger partial charge on any atom is 0.175 e. The summed E-state index contributed by atoms with van der Waals surface area (Å²) in [5, 5.41) is 5.01. The van der Waals surface area contributed by atoms with Gasteiger partial charge in [-0.25, -0.2) is 18.9 Å². The van der Waals surface area contributed by atoms with Crippen LogP contribution in [0.4, 0.5) is 10.2 Å². The van der Waals surface area contributed by atoms with Gasteiger partial charge in [0, 0.05) is 49.4 Å². The summed E-state index contributed by atoms with van der Waals surface area (Å²) in [5.41, 5.74) is 6.68. The van der Waals surface area contributed by atoms with Crippen molar-refractivity contribution in [2.45, 2.75) is 52.5 Å². The Balaban J connectivity index is 1.38. The Bertz CT molecular complexity index is 1410. The molecule has 1 N–H and O–H groups in total. The number of H-pyrrole nitrogens is 1. The number of aryl methyl sites for hydroxylation is 1. The summed E-state index contributed by atoms with van der Waals surface area (Å²) in [5.74, 6) is 0.367. The van der Waals surface area contributed by atoms with E-state index < -0.39 is 0 Å². The van der Waals surface area contributed by atoms with E-state index in [0.29, 0.717) is 17.2 Å². The standard InChI is InChI=1S/C27H34FN7O/c1-16(2)22-23-21(32-25(22)20-14-35-26(30-15-31-35)18(4)17(20)3)13-29-27(24(23)28)34-7-5-19(6-8-34)33-9-11-36-12-10-33/h13-16,19,32H,5-12H2,1-4H3. The highest BCUT2D eigenvalue weighted by Gasteiger charge is 2.30. The predicted molar refractivity (Wildman–Crippen MR) is 139 cm³/mol. The van der Waals surface area contributed by atoms with Gasteiger partial charge in [-0.1, -0.05) is 13.8 Å². The summed E-state index contributed by atoms with van der Waals surface area (Å²) in [4.78, 5) is 17.2. The lowest BCUT2D eigenvalue weighted by atomic mass is 9.94. The Morgan fingerprint density at radius 2 is 1.81 bits per heavy atom. The lowest BCUT2D eigenvalue weighted by Gasteiger charge is -2.40. The van der Waals surface area contributed by atoms with E-state index in [1.165, 1.54) is 0 Å². The molecule has 2 saturated heterocycles. The molecule has 190 valence electrons. The number of ether oxygens (including phenoxy) is 1. The molecule has 2 fully saturated rings. The van der Waals surface area contributed by atoms with Crippen molar-refractivity contribution in [2.75, 3.05) is 44.3 Å². The molecule has 36 heavy (non-hydrogen) atoms. The lowest BCUT2D eigenvalue weighted by Crippen LogP contribution is -2.49. The lowest BCUT2D eigenvalue weighted by molar-refractivity contribution is 0.0114. The molecule has 6 heterocycles. The van der Waals surface area contributed by atoms with E-state index >= 15 is 4.39 Å². The number of hydrogen-bond acceptors (Lipinski definition) is 6. The van der Waals surface area contributed by atoms with Crippen molar-refractivity contribution >= 4 is 22.4 Å². The van der Waals surface area contributed by atoms with Gasteiger partial charge in [0.2, 0.25) is 0 Å². The smallest absolute Gasteiger partial charge is 0.175 e. The molecule has 0 radical (unpaired) electrons. The van der Waals surface area contributed by atoms with Crippen molar-refractivity contribution in [2.24, 2.45) is 0 Å². The highest BCUT2D eigenvalue weighted by Crippen LogP contribution is 2.40. The SMILES string of the molecule is Cc1c(-c2[nH]c3cnc(N4CCC(N5CCOCC5)CC4)c(F)c3c2C(C)C)cn2ncnc2c1C. The fourth-order valence-electron chi connectivity index (χ4n) is 6.01. The third kappa shape index (κ3) is 3.76. The Morgan fingerprint density at radius 3 is 2.53 bits per heavy atom. The number of nitrogens with zero attached hydrogens (tertiary/aromatic N) is 6. The van der Waals surface area contributed by atoms with Crippen LogP contribution < -0.4 is 4.90 Å². The summed E-state index contributed by atoms with van der Waals surface area (Å²) < 4.78 is 23.6. The second kappa shape index (κ2) is 9.12. The molecule has 4 aromatic rings. The van der Waals surface area contributed by atoms with E-state index in [2.05, 4.69) is 57.5 Å². The van der Waals surface area contributed by atoms with Crippen LogP contribution in [0, 0.1) is 19.7 Å². The van der Waals surface area contributed by atoms with E-state index in [1.54, 1.807) is 17.0 Å². The van der Waals surface area contributed by atoms with Crippen molar-refractivity contribution in [1.82, 2.24) is 29.5 Å². The Hall–Kier alpha value is -3.04. The molecule has 0 aliphatic carbocycles. The van der Waals surface area contributed by atoms with E-state index in [9.17, 15) is 0 Å². The first-order valence-corrected chi connectivity index (χ1v) is 13.0. The number of morpholine rings is 1. The summed E-state index contributed by atoms with van der Waals surface area (Å²) >= 11 is 0. The summed E-state index contributed by atoms with van der Waals surface area (Å²) in [6.07, 6.45) is 7.39. The number of hydrogen-bond donors (Lipinski definition) is 1. The molecule has 9 heteroatoms. The molecule has 8 nitrogen and oxygen atoms in total. The zero-order valence-electron chi connectivity index (χ0n) is 21.5. The van der Waals surface area contributed by atoms with Crippen LogP contribution in [0.2, 0.25) is 0 Å². The monoisotopic (exact) mass is 491 g/mol. The molecule has 0 atom stereocenters. The zero-order chi connectivity index (χ0) is 25.0. The largest absolute Gasteiger partial charge is 0.379 e. The van der Waals surface area contributed by atoms with Gasteiger partial charge in [0.05, 0.1) is 30.6 Å². The Morgan fingerprint density at radius 1 is 1.06 bits per heavy atom. The van der Waals surface area contributed by atoms with Gasteiger partial charge < -0.3 is 14.6 Å². The van der Waals surface area contributed by atoms with Gasteiger partial charge in [0.1, 0.15) is 6.33 Å². The maximum atomic E-state index is 16.3. The number of piperidine rings is 1. The van der Waals surface area contributed by atoms with Gasteiger partial charge in [-0.15, -0.1) is 0 Å². The van der Waals surface area contributed by atoms with E-state index in [1.807, 2.05) is 6.20 Å². The fourth-order valence-corrected chi connectivity index (χ4v) is 6.01. The predicted octanol–water partition coefficient (Wildman–Crippen LogP) is 4.45. The first kappa shape index (κ1) is 23.4. The van der Waals surface area contributed by atoms with Gasteiger partial charge in [-0.2, -0.15) is 5.10 Å². The van der Waals surface area contributed by atoms with Crippen LogP contribution in [0.25, 0.3) is 27.8 Å². The molecular formula is C27H34FN7O. The topological polar surface area (TPSA) is 74.6 Å². The van der Waals surface area contributed by atoms with Gasteiger partial charge in [0.25, 0.3) is 0 Å². The molecule has 0 aromatic carbocycles. The minimum atomic E-state index is -0.222. The van der Waals surface area contributed by atoms with Gasteiger partial charge in [-0.05, 0) is 49.3 Å². The highest BCUT2D eigenvalue weighted by atomic mass is 19.1. The number of rotatable bonds is 4. The highest BCUT2D eigenvalue weighted by molar-refractivity contribution is 5.94. The zero-order valence-corrected chi connectivity index (χ0v) is 21.5. The van der Waals surface area contributed by atoms with Gasteiger partial charge in [0.15, 0.2) is 17.3 Å². The van der Waals surface area contributed by atoms with Gasteiger partial charge in [-0.3, -0.25) is 4.90 Å². The molecule has 0 saturated carbocycles. The molecule has 2 aliphatic heterocycles. The normalized spacial score (nSPS) is 18.2. The second-order valence-corrected chi connectivity index (χ2v) is 10.4. The average molecular weight is 492 g/mol. The summed E-state index contributed by atoms with van der Waals surface area (Å²) in [7, 11) is 0. The van der Waals surface area contributed by atoms with Crippen LogP contribution in [0.5, 0.6) is 0 Å². The third-order valence-corrected chi connectivity index (χ3v) is 8.10. The van der Waals surface area contributed by atoms with Crippen molar-refractivity contribution in [3.8, 4) is 11.3 Å². The minimum Gasteiger partial charge on any atom is -0.379 e. The Kier molecular flexibility index (Phi) is 5.92. The van der Waals surface area contributed by atoms with Crippen LogP contribution in [0.3, 0.4) is 0 Å². The molecular weight excluding hydrogens is 457 g/mol.